The zero-order valence-corrected chi connectivity index (χ0v) is 29.1. The number of nitrogens with zero attached hydrogens (tertiary/aromatic N) is 5. The molecule has 0 bridgehead atoms. The first-order chi connectivity index (χ1) is 25.8. The Bertz CT molecular complexity index is 2230. The van der Waals surface area contributed by atoms with Gasteiger partial charge in [-0.05, 0) is 54.3 Å². The van der Waals surface area contributed by atoms with Crippen molar-refractivity contribution < 1.29 is 32.5 Å². The third kappa shape index (κ3) is 7.46. The van der Waals surface area contributed by atoms with Crippen molar-refractivity contribution in [1.82, 2.24) is 14.8 Å². The summed E-state index contributed by atoms with van der Waals surface area (Å²) in [6.45, 7) is 3.31. The maximum Gasteiger partial charge on any atom is 0.410 e. The number of amidine groups is 1. The van der Waals surface area contributed by atoms with Gasteiger partial charge in [0.05, 0.1) is 36.4 Å². The van der Waals surface area contributed by atoms with E-state index >= 15 is 8.78 Å². The number of rotatable bonds is 10. The largest absolute Gasteiger partial charge is 0.485 e. The Morgan fingerprint density at radius 2 is 1.66 bits per heavy atom. The van der Waals surface area contributed by atoms with Crippen LogP contribution in [0.4, 0.5) is 13.6 Å². The van der Waals surface area contributed by atoms with Gasteiger partial charge in [0.25, 0.3) is 11.8 Å². The third-order valence-corrected chi connectivity index (χ3v) is 9.02. The number of benzene rings is 4. The number of aromatic nitrogens is 1. The zero-order chi connectivity index (χ0) is 36.9. The van der Waals surface area contributed by atoms with Crippen molar-refractivity contribution >= 4 is 11.9 Å². The molecular formula is C41H35F2N5O5. The summed E-state index contributed by atoms with van der Waals surface area (Å²) in [5.41, 5.74) is 2.95. The number of hydrogen-bond donors (Lipinski definition) is 0. The maximum absolute atomic E-state index is 17.0. The monoisotopic (exact) mass is 715 g/mol. The first kappa shape index (κ1) is 34.9. The van der Waals surface area contributed by atoms with Crippen molar-refractivity contribution in [1.29, 1.82) is 5.26 Å². The maximum atomic E-state index is 17.0. The molecule has 1 atom stereocenters. The molecule has 12 heteroatoms. The number of hydrogen-bond acceptors (Lipinski definition) is 9. The van der Waals surface area contributed by atoms with E-state index in [9.17, 15) is 10.1 Å². The number of likely N-dealkylation sites (N-methyl/N-ethyl adjacent to an activating group) is 1. The summed E-state index contributed by atoms with van der Waals surface area (Å²) < 4.78 is 57.5. The molecule has 0 spiro atoms. The topological polar surface area (TPSA) is 110 Å². The second-order valence-electron chi connectivity index (χ2n) is 12.5. The van der Waals surface area contributed by atoms with Gasteiger partial charge in [-0.3, -0.25) is 9.89 Å². The molecule has 7 rings (SSSR count). The standard InChI is InChI=1S/C41H35F2N5O5/c1-3-50-41(49)48-24-30-13-8-7-12-28(30)22-32(48)35-36(42)39(52-31-15-9-14-29(21-31)38-45-18-19-47(38)2)46-40(37(35)43)53-34-20-27(23-44)16-17-33(34)51-25-26-10-5-4-6-11-26/h4-17,20-21,32H,3,18-19,22,24-25H2,1-2H3. The molecule has 3 heterocycles. The summed E-state index contributed by atoms with van der Waals surface area (Å²) in [6, 6.07) is 29.0. The van der Waals surface area contributed by atoms with Gasteiger partial charge in [-0.25, -0.2) is 13.6 Å². The summed E-state index contributed by atoms with van der Waals surface area (Å²) in [7, 11) is 1.92. The van der Waals surface area contributed by atoms with Crippen molar-refractivity contribution in [3.8, 4) is 35.1 Å². The van der Waals surface area contributed by atoms with Gasteiger partial charge in [0.15, 0.2) is 23.1 Å². The molecule has 2 aliphatic heterocycles. The van der Waals surface area contributed by atoms with Crippen molar-refractivity contribution in [3.63, 3.8) is 0 Å². The molecule has 1 aromatic heterocycles. The SMILES string of the molecule is CCOC(=O)N1Cc2ccccc2CC1c1c(F)c(Oc2cccc(C3=NCCN3C)c2)nc(Oc2cc(C#N)ccc2OCc2ccccc2)c1F. The number of ether oxygens (including phenoxy) is 4. The smallest absolute Gasteiger partial charge is 0.410 e. The quantitative estimate of drug-likeness (QED) is 0.142. The lowest BCUT2D eigenvalue weighted by molar-refractivity contribution is 0.0801. The normalized spacial score (nSPS) is 14.9. The molecule has 2 aliphatic rings. The number of amides is 1. The number of fused-ring (bicyclic) bond motifs is 1. The van der Waals surface area contributed by atoms with Crippen LogP contribution in [0.5, 0.6) is 29.0 Å². The summed E-state index contributed by atoms with van der Waals surface area (Å²) in [5, 5.41) is 9.70. The summed E-state index contributed by atoms with van der Waals surface area (Å²) in [6.07, 6.45) is -0.664. The lowest BCUT2D eigenvalue weighted by Crippen LogP contribution is -2.40. The lowest BCUT2D eigenvalue weighted by Gasteiger charge is -2.36. The van der Waals surface area contributed by atoms with Gasteiger partial charge in [0, 0.05) is 31.8 Å². The fraction of sp³-hybridized carbons (Fsp3) is 0.220. The van der Waals surface area contributed by atoms with Gasteiger partial charge in [0.2, 0.25) is 0 Å². The average molecular weight is 716 g/mol. The highest BCUT2D eigenvalue weighted by Gasteiger charge is 2.38. The Morgan fingerprint density at radius 1 is 0.906 bits per heavy atom. The van der Waals surface area contributed by atoms with E-state index in [1.54, 1.807) is 25.1 Å². The van der Waals surface area contributed by atoms with E-state index < -0.39 is 41.1 Å². The van der Waals surface area contributed by atoms with Crippen LogP contribution < -0.4 is 14.2 Å². The third-order valence-electron chi connectivity index (χ3n) is 9.02. The fourth-order valence-corrected chi connectivity index (χ4v) is 6.39. The van der Waals surface area contributed by atoms with Crippen molar-refractivity contribution in [2.24, 2.45) is 4.99 Å². The van der Waals surface area contributed by atoms with Gasteiger partial charge < -0.3 is 23.8 Å². The first-order valence-electron chi connectivity index (χ1n) is 17.1. The van der Waals surface area contributed by atoms with Crippen LogP contribution in [-0.2, 0) is 24.3 Å². The predicted molar refractivity (Wildman–Crippen MR) is 192 cm³/mol. The Morgan fingerprint density at radius 3 is 2.40 bits per heavy atom. The number of pyridine rings is 1. The molecule has 10 nitrogen and oxygen atoms in total. The van der Waals surface area contributed by atoms with Gasteiger partial charge >= 0.3 is 6.09 Å². The lowest BCUT2D eigenvalue weighted by atomic mass is 9.90. The Labute approximate surface area is 305 Å². The van der Waals surface area contributed by atoms with Crippen LogP contribution in [0.1, 0.15) is 46.3 Å². The van der Waals surface area contributed by atoms with Crippen LogP contribution in [0.2, 0.25) is 0 Å². The predicted octanol–water partition coefficient (Wildman–Crippen LogP) is 8.34. The van der Waals surface area contributed by atoms with Crippen LogP contribution in [0.15, 0.2) is 102 Å². The van der Waals surface area contributed by atoms with Crippen LogP contribution in [0, 0.1) is 23.0 Å². The Kier molecular flexibility index (Phi) is 10.2. The second-order valence-corrected chi connectivity index (χ2v) is 12.5. The molecule has 53 heavy (non-hydrogen) atoms. The number of carbonyl (C=O) groups is 1. The summed E-state index contributed by atoms with van der Waals surface area (Å²) in [5.74, 6) is -2.36. The van der Waals surface area contributed by atoms with E-state index in [-0.39, 0.29) is 49.0 Å². The molecule has 1 unspecified atom stereocenters. The number of carbonyl (C=O) groups excluding carboxylic acids is 1. The van der Waals surface area contributed by atoms with E-state index in [0.717, 1.165) is 34.6 Å². The van der Waals surface area contributed by atoms with Crippen molar-refractivity contribution in [3.05, 3.63) is 142 Å². The minimum absolute atomic E-state index is 0.0320. The Balaban J connectivity index is 1.34. The van der Waals surface area contributed by atoms with Gasteiger partial charge in [-0.1, -0.05) is 66.7 Å². The highest BCUT2D eigenvalue weighted by molar-refractivity contribution is 5.99. The molecular weight excluding hydrogens is 680 g/mol. The van der Waals surface area contributed by atoms with Gasteiger partial charge in [-0.15, -0.1) is 0 Å². The zero-order valence-electron chi connectivity index (χ0n) is 29.1. The molecule has 0 fully saturated rings. The molecule has 0 saturated carbocycles. The minimum Gasteiger partial charge on any atom is -0.485 e. The Hall–Kier alpha value is -6.48. The van der Waals surface area contributed by atoms with E-state index in [4.69, 9.17) is 18.9 Å². The molecule has 0 saturated heterocycles. The van der Waals surface area contributed by atoms with E-state index in [1.807, 2.05) is 72.6 Å². The highest BCUT2D eigenvalue weighted by Crippen LogP contribution is 2.43. The van der Waals surface area contributed by atoms with Gasteiger partial charge in [0.1, 0.15) is 18.2 Å². The molecule has 5 aromatic rings. The molecule has 4 aromatic carbocycles. The number of halogens is 2. The minimum atomic E-state index is -1.16. The van der Waals surface area contributed by atoms with E-state index in [1.165, 1.54) is 23.1 Å². The summed E-state index contributed by atoms with van der Waals surface area (Å²) in [4.78, 5) is 25.4. The first-order valence-corrected chi connectivity index (χ1v) is 17.1. The molecule has 1 amide bonds. The van der Waals surface area contributed by atoms with Crippen LogP contribution >= 0.6 is 0 Å². The number of aliphatic imine (C=N–C) groups is 1. The molecule has 268 valence electrons. The number of nitriles is 1. The second kappa shape index (κ2) is 15.4. The molecule has 0 aliphatic carbocycles. The average Bonchev–Trinajstić information content (AvgIpc) is 3.62. The van der Waals surface area contributed by atoms with Crippen molar-refractivity contribution in [2.45, 2.75) is 32.5 Å². The van der Waals surface area contributed by atoms with E-state index in [2.05, 4.69) is 16.0 Å². The van der Waals surface area contributed by atoms with Crippen molar-refractivity contribution in [2.75, 3.05) is 26.7 Å². The highest BCUT2D eigenvalue weighted by atomic mass is 19.1. The van der Waals surface area contributed by atoms with Gasteiger partial charge in [-0.2, -0.15) is 10.2 Å². The van der Waals surface area contributed by atoms with E-state index in [0.29, 0.717) is 6.54 Å². The van der Waals surface area contributed by atoms with Crippen LogP contribution in [0.3, 0.4) is 0 Å². The summed E-state index contributed by atoms with van der Waals surface area (Å²) >= 11 is 0. The fourth-order valence-electron chi connectivity index (χ4n) is 6.39. The molecule has 0 radical (unpaired) electrons. The van der Waals surface area contributed by atoms with Crippen LogP contribution in [-0.4, -0.2) is 53.5 Å². The van der Waals surface area contributed by atoms with Crippen LogP contribution in [0.25, 0.3) is 0 Å². The molecule has 0 N–H and O–H groups in total.